The summed E-state index contributed by atoms with van der Waals surface area (Å²) in [5, 5.41) is 2.48. The van der Waals surface area contributed by atoms with Crippen LogP contribution in [0.1, 0.15) is 19.3 Å². The van der Waals surface area contributed by atoms with E-state index >= 15 is 0 Å². The SMILES string of the molecule is COC(=O)CNC(=O)C1CC(=O)N(C2CC2)C1. The average Bonchev–Trinajstić information content (AvgIpc) is 3.09. The molecular weight excluding hydrogens is 224 g/mol. The van der Waals surface area contributed by atoms with Crippen LogP contribution in [0.3, 0.4) is 0 Å². The summed E-state index contributed by atoms with van der Waals surface area (Å²) in [5.41, 5.74) is 0. The molecule has 17 heavy (non-hydrogen) atoms. The maximum absolute atomic E-state index is 11.7. The Morgan fingerprint density at radius 1 is 1.47 bits per heavy atom. The van der Waals surface area contributed by atoms with Crippen LogP contribution in [0, 0.1) is 5.92 Å². The third-order valence-electron chi connectivity index (χ3n) is 3.15. The zero-order valence-corrected chi connectivity index (χ0v) is 9.77. The second kappa shape index (κ2) is 4.73. The lowest BCUT2D eigenvalue weighted by atomic mass is 10.1. The summed E-state index contributed by atoms with van der Waals surface area (Å²) in [6.07, 6.45) is 2.34. The van der Waals surface area contributed by atoms with Crippen molar-refractivity contribution in [2.45, 2.75) is 25.3 Å². The Kier molecular flexibility index (Phi) is 3.31. The minimum absolute atomic E-state index is 0.0470. The highest BCUT2D eigenvalue weighted by atomic mass is 16.5. The molecule has 0 radical (unpaired) electrons. The van der Waals surface area contributed by atoms with Crippen molar-refractivity contribution in [3.05, 3.63) is 0 Å². The number of nitrogens with one attached hydrogen (secondary N) is 1. The summed E-state index contributed by atoms with van der Waals surface area (Å²) in [6.45, 7) is 0.347. The van der Waals surface area contributed by atoms with E-state index in [9.17, 15) is 14.4 Å². The molecule has 94 valence electrons. The van der Waals surface area contributed by atoms with Gasteiger partial charge in [0, 0.05) is 19.0 Å². The van der Waals surface area contributed by atoms with E-state index in [0.717, 1.165) is 12.8 Å². The lowest BCUT2D eigenvalue weighted by molar-refractivity contribution is -0.141. The molecule has 2 rings (SSSR count). The molecule has 2 amide bonds. The van der Waals surface area contributed by atoms with Crippen molar-refractivity contribution in [2.75, 3.05) is 20.2 Å². The first-order valence-electron chi connectivity index (χ1n) is 5.76. The van der Waals surface area contributed by atoms with E-state index in [0.29, 0.717) is 12.6 Å². The normalized spacial score (nSPS) is 23.7. The Morgan fingerprint density at radius 2 is 2.18 bits per heavy atom. The van der Waals surface area contributed by atoms with Gasteiger partial charge >= 0.3 is 5.97 Å². The Balaban J connectivity index is 1.80. The molecule has 6 heteroatoms. The van der Waals surface area contributed by atoms with Gasteiger partial charge in [-0.3, -0.25) is 14.4 Å². The second-order valence-electron chi connectivity index (χ2n) is 4.47. The molecule has 1 saturated heterocycles. The summed E-state index contributed by atoms with van der Waals surface area (Å²) in [6, 6.07) is 0.348. The van der Waals surface area contributed by atoms with E-state index in [1.807, 2.05) is 0 Å². The fourth-order valence-electron chi connectivity index (χ4n) is 2.02. The van der Waals surface area contributed by atoms with Gasteiger partial charge in [-0.1, -0.05) is 0 Å². The highest BCUT2D eigenvalue weighted by Gasteiger charge is 2.41. The van der Waals surface area contributed by atoms with Crippen molar-refractivity contribution in [3.8, 4) is 0 Å². The van der Waals surface area contributed by atoms with Crippen molar-refractivity contribution in [1.29, 1.82) is 0 Å². The lowest BCUT2D eigenvalue weighted by Gasteiger charge is -2.15. The number of nitrogens with zero attached hydrogens (tertiary/aromatic N) is 1. The molecule has 0 spiro atoms. The largest absolute Gasteiger partial charge is 0.468 e. The van der Waals surface area contributed by atoms with E-state index < -0.39 is 5.97 Å². The molecule has 6 nitrogen and oxygen atoms in total. The van der Waals surface area contributed by atoms with Gasteiger partial charge in [-0.25, -0.2) is 0 Å². The van der Waals surface area contributed by atoms with Crippen molar-refractivity contribution in [2.24, 2.45) is 5.92 Å². The number of amides is 2. The number of hydrogen-bond acceptors (Lipinski definition) is 4. The van der Waals surface area contributed by atoms with Crippen LogP contribution in [0.5, 0.6) is 0 Å². The second-order valence-corrected chi connectivity index (χ2v) is 4.47. The fourth-order valence-corrected chi connectivity index (χ4v) is 2.02. The smallest absolute Gasteiger partial charge is 0.325 e. The highest BCUT2D eigenvalue weighted by molar-refractivity contribution is 5.90. The van der Waals surface area contributed by atoms with Crippen molar-refractivity contribution in [1.82, 2.24) is 10.2 Å². The van der Waals surface area contributed by atoms with Gasteiger partial charge in [0.1, 0.15) is 6.54 Å². The van der Waals surface area contributed by atoms with Crippen LogP contribution in [0.25, 0.3) is 0 Å². The highest BCUT2D eigenvalue weighted by Crippen LogP contribution is 2.32. The van der Waals surface area contributed by atoms with E-state index in [2.05, 4.69) is 10.1 Å². The maximum atomic E-state index is 11.7. The quantitative estimate of drug-likeness (QED) is 0.658. The Bertz CT molecular complexity index is 351. The molecule has 2 fully saturated rings. The average molecular weight is 240 g/mol. The van der Waals surface area contributed by atoms with Crippen LogP contribution in [0.4, 0.5) is 0 Å². The summed E-state index contributed by atoms with van der Waals surface area (Å²) < 4.78 is 4.42. The molecule has 2 aliphatic rings. The number of rotatable bonds is 4. The molecule has 1 N–H and O–H groups in total. The van der Waals surface area contributed by atoms with Crippen molar-refractivity contribution >= 4 is 17.8 Å². The van der Waals surface area contributed by atoms with Gasteiger partial charge in [0.05, 0.1) is 13.0 Å². The number of carbonyl (C=O) groups excluding carboxylic acids is 3. The third-order valence-corrected chi connectivity index (χ3v) is 3.15. The molecule has 1 atom stereocenters. The predicted molar refractivity (Wildman–Crippen MR) is 57.9 cm³/mol. The molecule has 1 aliphatic heterocycles. The molecule has 1 saturated carbocycles. The van der Waals surface area contributed by atoms with Gasteiger partial charge in [0.25, 0.3) is 0 Å². The topological polar surface area (TPSA) is 75.7 Å². The predicted octanol–water partition coefficient (Wildman–Crippen LogP) is -0.713. The number of esters is 1. The zero-order chi connectivity index (χ0) is 12.4. The summed E-state index contributed by atoms with van der Waals surface area (Å²) in [5.74, 6) is -1.01. The number of hydrogen-bond donors (Lipinski definition) is 1. The summed E-state index contributed by atoms with van der Waals surface area (Å²) in [4.78, 5) is 36.0. The van der Waals surface area contributed by atoms with Crippen molar-refractivity contribution in [3.63, 3.8) is 0 Å². The third kappa shape index (κ3) is 2.75. The van der Waals surface area contributed by atoms with Gasteiger partial charge in [0.15, 0.2) is 0 Å². The fraction of sp³-hybridized carbons (Fsp3) is 0.727. The Morgan fingerprint density at radius 3 is 2.76 bits per heavy atom. The molecule has 0 aromatic carbocycles. The number of methoxy groups -OCH3 is 1. The molecule has 0 aromatic heterocycles. The van der Waals surface area contributed by atoms with Gasteiger partial charge in [0.2, 0.25) is 11.8 Å². The van der Waals surface area contributed by atoms with Crippen LogP contribution < -0.4 is 5.32 Å². The van der Waals surface area contributed by atoms with E-state index in [4.69, 9.17) is 0 Å². The summed E-state index contributed by atoms with van der Waals surface area (Å²) >= 11 is 0. The molecule has 1 unspecified atom stereocenters. The standard InChI is InChI=1S/C11H16N2O4/c1-17-10(15)5-12-11(16)7-4-9(14)13(6-7)8-2-3-8/h7-8H,2-6H2,1H3,(H,12,16). The maximum Gasteiger partial charge on any atom is 0.325 e. The Labute approximate surface area is 99.3 Å². The van der Waals surface area contributed by atoms with Gasteiger partial charge in [-0.15, -0.1) is 0 Å². The van der Waals surface area contributed by atoms with E-state index in [1.54, 1.807) is 4.90 Å². The van der Waals surface area contributed by atoms with Gasteiger partial charge in [-0.2, -0.15) is 0 Å². The van der Waals surface area contributed by atoms with Crippen LogP contribution in [-0.2, 0) is 19.1 Å². The monoisotopic (exact) mass is 240 g/mol. The van der Waals surface area contributed by atoms with Crippen molar-refractivity contribution < 1.29 is 19.1 Å². The number of carbonyl (C=O) groups is 3. The molecular formula is C11H16N2O4. The zero-order valence-electron chi connectivity index (χ0n) is 9.77. The number of ether oxygens (including phenoxy) is 1. The van der Waals surface area contributed by atoms with E-state index in [-0.39, 0.29) is 30.7 Å². The van der Waals surface area contributed by atoms with E-state index in [1.165, 1.54) is 7.11 Å². The van der Waals surface area contributed by atoms with Crippen LogP contribution >= 0.6 is 0 Å². The minimum Gasteiger partial charge on any atom is -0.468 e. The number of likely N-dealkylation sites (tertiary alicyclic amines) is 1. The first kappa shape index (κ1) is 11.9. The van der Waals surface area contributed by atoms with Crippen LogP contribution in [0.15, 0.2) is 0 Å². The van der Waals surface area contributed by atoms with Crippen LogP contribution in [-0.4, -0.2) is 48.9 Å². The molecule has 0 bridgehead atoms. The van der Waals surface area contributed by atoms with Gasteiger partial charge in [-0.05, 0) is 12.8 Å². The van der Waals surface area contributed by atoms with Crippen LogP contribution in [0.2, 0.25) is 0 Å². The summed E-state index contributed by atoms with van der Waals surface area (Å²) in [7, 11) is 1.27. The first-order valence-corrected chi connectivity index (χ1v) is 5.76. The lowest BCUT2D eigenvalue weighted by Crippen LogP contribution is -2.36. The minimum atomic E-state index is -0.485. The molecule has 0 aromatic rings. The first-order chi connectivity index (χ1) is 8.11. The molecule has 1 aliphatic carbocycles. The van der Waals surface area contributed by atoms with Gasteiger partial charge < -0.3 is 15.0 Å². The molecule has 1 heterocycles. The Hall–Kier alpha value is -1.59.